The van der Waals surface area contributed by atoms with E-state index in [4.69, 9.17) is 15.8 Å². The van der Waals surface area contributed by atoms with Crippen molar-refractivity contribution in [1.29, 1.82) is 15.8 Å². The summed E-state index contributed by atoms with van der Waals surface area (Å²) in [5.41, 5.74) is -1.19. The molecule has 0 fully saturated rings. The summed E-state index contributed by atoms with van der Waals surface area (Å²) >= 11 is 0. The Morgan fingerprint density at radius 3 is 2.16 bits per heavy atom. The van der Waals surface area contributed by atoms with E-state index in [1.807, 2.05) is 4.98 Å². The number of alkyl halides is 3. The number of hydrogen-bond donors (Lipinski definition) is 1. The van der Waals surface area contributed by atoms with Gasteiger partial charge in [0.1, 0.15) is 23.7 Å². The second-order valence-electron chi connectivity index (χ2n) is 3.49. The number of fused-ring (bicyclic) bond motifs is 1. The standard InChI is InChI=1S/C11H2F3N5/c12-11(13,14)10-18-8-1-5(2-15)6(3-16)7(4-17)9(8)19-10/h1H,(H,18,19). The van der Waals surface area contributed by atoms with Crippen molar-refractivity contribution in [2.24, 2.45) is 0 Å². The van der Waals surface area contributed by atoms with Crippen molar-refractivity contribution < 1.29 is 13.2 Å². The van der Waals surface area contributed by atoms with Crippen LogP contribution in [0.1, 0.15) is 22.5 Å². The summed E-state index contributed by atoms with van der Waals surface area (Å²) in [4.78, 5) is 5.26. The van der Waals surface area contributed by atoms with E-state index in [0.717, 1.165) is 6.07 Å². The van der Waals surface area contributed by atoms with E-state index >= 15 is 0 Å². The lowest BCUT2D eigenvalue weighted by molar-refractivity contribution is -0.144. The summed E-state index contributed by atoms with van der Waals surface area (Å²) in [5, 5.41) is 26.6. The first-order valence-electron chi connectivity index (χ1n) is 4.76. The molecule has 1 N–H and O–H groups in total. The molecular weight excluding hydrogens is 259 g/mol. The molecule has 19 heavy (non-hydrogen) atoms. The lowest BCUT2D eigenvalue weighted by atomic mass is 10.0. The minimum absolute atomic E-state index is 0.112. The Morgan fingerprint density at radius 1 is 1.05 bits per heavy atom. The first-order valence-corrected chi connectivity index (χ1v) is 4.76. The maximum atomic E-state index is 12.5. The van der Waals surface area contributed by atoms with E-state index in [1.54, 1.807) is 18.2 Å². The summed E-state index contributed by atoms with van der Waals surface area (Å²) in [6.45, 7) is 0. The van der Waals surface area contributed by atoms with E-state index in [9.17, 15) is 13.2 Å². The largest absolute Gasteiger partial charge is 0.449 e. The molecular formula is C11H2F3N5. The molecule has 0 bridgehead atoms. The lowest BCUT2D eigenvalue weighted by Crippen LogP contribution is -2.06. The molecule has 0 saturated carbocycles. The second kappa shape index (κ2) is 4.01. The first-order chi connectivity index (χ1) is 8.92. The molecule has 2 rings (SSSR count). The number of rotatable bonds is 0. The van der Waals surface area contributed by atoms with Crippen LogP contribution >= 0.6 is 0 Å². The van der Waals surface area contributed by atoms with Gasteiger partial charge in [0.25, 0.3) is 0 Å². The van der Waals surface area contributed by atoms with Crippen LogP contribution in [0, 0.1) is 34.0 Å². The van der Waals surface area contributed by atoms with Crippen molar-refractivity contribution >= 4 is 11.0 Å². The van der Waals surface area contributed by atoms with E-state index in [0.29, 0.717) is 0 Å². The molecule has 2 aromatic rings. The van der Waals surface area contributed by atoms with Gasteiger partial charge in [0.05, 0.1) is 22.2 Å². The Labute approximate surface area is 104 Å². The Hall–Kier alpha value is -3.05. The molecule has 5 nitrogen and oxygen atoms in total. The van der Waals surface area contributed by atoms with Gasteiger partial charge >= 0.3 is 6.18 Å². The molecule has 8 heteroatoms. The molecule has 1 aromatic heterocycles. The topological polar surface area (TPSA) is 100 Å². The van der Waals surface area contributed by atoms with Gasteiger partial charge in [-0.2, -0.15) is 29.0 Å². The lowest BCUT2D eigenvalue weighted by Gasteiger charge is -1.98. The van der Waals surface area contributed by atoms with Crippen LogP contribution in [0.4, 0.5) is 13.2 Å². The van der Waals surface area contributed by atoms with Gasteiger partial charge in [-0.25, -0.2) is 4.98 Å². The fraction of sp³-hybridized carbons (Fsp3) is 0.0909. The number of H-pyrrole nitrogens is 1. The highest BCUT2D eigenvalue weighted by Gasteiger charge is 2.35. The summed E-state index contributed by atoms with van der Waals surface area (Å²) in [6.07, 6.45) is -4.70. The Morgan fingerprint density at radius 2 is 1.68 bits per heavy atom. The molecule has 0 atom stereocenters. The van der Waals surface area contributed by atoms with Gasteiger partial charge in [-0.1, -0.05) is 0 Å². The van der Waals surface area contributed by atoms with Crippen LogP contribution < -0.4 is 0 Å². The smallest absolute Gasteiger partial charge is 0.334 e. The van der Waals surface area contributed by atoms with Crippen molar-refractivity contribution in [2.75, 3.05) is 0 Å². The molecule has 0 radical (unpaired) electrons. The zero-order valence-electron chi connectivity index (χ0n) is 9.00. The molecule has 0 unspecified atom stereocenters. The van der Waals surface area contributed by atoms with Crippen molar-refractivity contribution in [3.8, 4) is 18.2 Å². The molecule has 0 saturated heterocycles. The molecule has 0 aliphatic rings. The second-order valence-corrected chi connectivity index (χ2v) is 3.49. The zero-order chi connectivity index (χ0) is 14.2. The highest BCUT2D eigenvalue weighted by atomic mass is 19.4. The zero-order valence-corrected chi connectivity index (χ0v) is 9.00. The number of hydrogen-bond acceptors (Lipinski definition) is 4. The van der Waals surface area contributed by atoms with Gasteiger partial charge < -0.3 is 4.98 Å². The number of benzene rings is 1. The van der Waals surface area contributed by atoms with Gasteiger partial charge in [0.15, 0.2) is 0 Å². The molecule has 1 heterocycles. The number of nitrogens with one attached hydrogen (secondary N) is 1. The number of nitrogens with zero attached hydrogens (tertiary/aromatic N) is 4. The quantitative estimate of drug-likeness (QED) is 0.785. The van der Waals surface area contributed by atoms with Crippen LogP contribution in [0.3, 0.4) is 0 Å². The normalized spacial score (nSPS) is 10.7. The molecule has 0 amide bonds. The predicted molar refractivity (Wildman–Crippen MR) is 55.2 cm³/mol. The predicted octanol–water partition coefficient (Wildman–Crippen LogP) is 2.20. The van der Waals surface area contributed by atoms with Gasteiger partial charge in [0.2, 0.25) is 5.82 Å². The molecule has 0 spiro atoms. The molecule has 92 valence electrons. The van der Waals surface area contributed by atoms with Gasteiger partial charge in [0, 0.05) is 0 Å². The SMILES string of the molecule is N#Cc1cc2[nH]c(C(F)(F)F)nc2c(C#N)c1C#N. The average molecular weight is 261 g/mol. The van der Waals surface area contributed by atoms with E-state index in [1.165, 1.54) is 0 Å². The van der Waals surface area contributed by atoms with Crippen molar-refractivity contribution in [3.63, 3.8) is 0 Å². The van der Waals surface area contributed by atoms with Crippen molar-refractivity contribution in [2.45, 2.75) is 6.18 Å². The van der Waals surface area contributed by atoms with Crippen molar-refractivity contribution in [3.05, 3.63) is 28.6 Å². The maximum absolute atomic E-state index is 12.5. The summed E-state index contributed by atoms with van der Waals surface area (Å²) in [7, 11) is 0. The number of imidazole rings is 1. The first kappa shape index (κ1) is 12.4. The third-order valence-corrected chi connectivity index (χ3v) is 2.39. The monoisotopic (exact) mass is 261 g/mol. The number of aromatic amines is 1. The highest BCUT2D eigenvalue weighted by molar-refractivity contribution is 5.86. The minimum atomic E-state index is -4.70. The van der Waals surface area contributed by atoms with Gasteiger partial charge in [-0.15, -0.1) is 0 Å². The Bertz CT molecular complexity index is 795. The number of aromatic nitrogens is 2. The van der Waals surface area contributed by atoms with E-state index < -0.39 is 12.0 Å². The van der Waals surface area contributed by atoms with Crippen LogP contribution in [0.2, 0.25) is 0 Å². The molecule has 1 aromatic carbocycles. The third kappa shape index (κ3) is 1.84. The average Bonchev–Trinajstić information content (AvgIpc) is 2.79. The maximum Gasteiger partial charge on any atom is 0.449 e. The molecule has 0 aliphatic carbocycles. The Balaban J connectivity index is 2.92. The Kier molecular flexibility index (Phi) is 2.62. The van der Waals surface area contributed by atoms with Crippen LogP contribution in [-0.4, -0.2) is 9.97 Å². The minimum Gasteiger partial charge on any atom is -0.334 e. The number of halogens is 3. The fourth-order valence-corrected chi connectivity index (χ4v) is 1.60. The number of nitriles is 3. The van der Waals surface area contributed by atoms with Gasteiger partial charge in [-0.3, -0.25) is 0 Å². The van der Waals surface area contributed by atoms with Crippen LogP contribution in [-0.2, 0) is 6.18 Å². The van der Waals surface area contributed by atoms with Crippen molar-refractivity contribution in [1.82, 2.24) is 9.97 Å². The van der Waals surface area contributed by atoms with Crippen LogP contribution in [0.25, 0.3) is 11.0 Å². The third-order valence-electron chi connectivity index (χ3n) is 2.39. The fourth-order valence-electron chi connectivity index (χ4n) is 1.60. The summed E-state index contributed by atoms with van der Waals surface area (Å²) in [6, 6.07) is 5.96. The van der Waals surface area contributed by atoms with Crippen LogP contribution in [0.5, 0.6) is 0 Å². The van der Waals surface area contributed by atoms with E-state index in [-0.39, 0.29) is 27.7 Å². The van der Waals surface area contributed by atoms with Gasteiger partial charge in [-0.05, 0) is 6.07 Å². The summed E-state index contributed by atoms with van der Waals surface area (Å²) < 4.78 is 37.6. The molecule has 0 aliphatic heterocycles. The highest BCUT2D eigenvalue weighted by Crippen LogP contribution is 2.31. The summed E-state index contributed by atoms with van der Waals surface area (Å²) in [5.74, 6) is -1.28. The van der Waals surface area contributed by atoms with Crippen LogP contribution in [0.15, 0.2) is 6.07 Å². The van der Waals surface area contributed by atoms with E-state index in [2.05, 4.69) is 4.98 Å².